The van der Waals surface area contributed by atoms with Gasteiger partial charge in [0.05, 0.1) is 23.2 Å². The molecule has 0 bridgehead atoms. The summed E-state index contributed by atoms with van der Waals surface area (Å²) in [6, 6.07) is 1.01. The summed E-state index contributed by atoms with van der Waals surface area (Å²) in [6.45, 7) is 2.73. The Bertz CT molecular complexity index is 1010. The maximum atomic E-state index is 13.6. The van der Waals surface area contributed by atoms with Gasteiger partial charge in [-0.1, -0.05) is 5.16 Å². The second-order valence-electron chi connectivity index (χ2n) is 7.14. The molecule has 4 heterocycles. The highest BCUT2D eigenvalue weighted by molar-refractivity contribution is 5.82. The lowest BCUT2D eigenvalue weighted by atomic mass is 9.91. The Morgan fingerprint density at radius 1 is 1.38 bits per heavy atom. The second-order valence-corrected chi connectivity index (χ2v) is 7.14. The van der Waals surface area contributed by atoms with E-state index in [2.05, 4.69) is 20.2 Å². The summed E-state index contributed by atoms with van der Waals surface area (Å²) in [5.74, 6) is -0.422. The lowest BCUT2D eigenvalue weighted by Gasteiger charge is -2.32. The summed E-state index contributed by atoms with van der Waals surface area (Å²) >= 11 is 0. The van der Waals surface area contributed by atoms with Gasteiger partial charge in [-0.3, -0.25) is 9.48 Å². The van der Waals surface area contributed by atoms with Gasteiger partial charge >= 0.3 is 6.18 Å². The minimum atomic E-state index is -4.55. The number of carbonyl (C=O) groups is 1. The highest BCUT2D eigenvalue weighted by atomic mass is 19.4. The maximum absolute atomic E-state index is 13.6. The molecule has 1 aliphatic rings. The van der Waals surface area contributed by atoms with E-state index >= 15 is 0 Å². The number of hydrogen-bond donors (Lipinski definition) is 0. The number of fused-ring (bicyclic) bond motifs is 1. The zero-order valence-corrected chi connectivity index (χ0v) is 15.7. The summed E-state index contributed by atoms with van der Waals surface area (Å²) in [4.78, 5) is 22.1. The molecule has 3 aromatic rings. The van der Waals surface area contributed by atoms with Gasteiger partial charge in [0, 0.05) is 31.1 Å². The Kier molecular flexibility index (Phi) is 4.97. The summed E-state index contributed by atoms with van der Waals surface area (Å²) in [5.41, 5.74) is -0.498. The van der Waals surface area contributed by atoms with Crippen molar-refractivity contribution in [2.75, 3.05) is 13.1 Å². The first-order valence-electron chi connectivity index (χ1n) is 9.27. The molecular weight excluding hydrogens is 389 g/mol. The lowest BCUT2D eigenvalue weighted by molar-refractivity contribution is -0.136. The van der Waals surface area contributed by atoms with Gasteiger partial charge in [0.25, 0.3) is 5.71 Å². The van der Waals surface area contributed by atoms with Crippen LogP contribution in [0.25, 0.3) is 11.1 Å². The first-order valence-corrected chi connectivity index (χ1v) is 9.27. The molecule has 3 aromatic heterocycles. The fourth-order valence-corrected chi connectivity index (χ4v) is 3.74. The number of likely N-dealkylation sites (tertiary alicyclic amines) is 1. The molecule has 29 heavy (non-hydrogen) atoms. The molecule has 0 aliphatic carbocycles. The third kappa shape index (κ3) is 3.94. The Morgan fingerprint density at radius 2 is 2.21 bits per heavy atom. The molecule has 11 heteroatoms. The van der Waals surface area contributed by atoms with E-state index in [9.17, 15) is 18.0 Å². The molecular formula is C18H19F3N6O2. The number of piperidine rings is 1. The zero-order chi connectivity index (χ0) is 20.6. The minimum absolute atomic E-state index is 0.0805. The Labute approximate surface area is 163 Å². The minimum Gasteiger partial charge on any atom is -0.342 e. The van der Waals surface area contributed by atoms with Gasteiger partial charge in [-0.15, -0.1) is 0 Å². The van der Waals surface area contributed by atoms with Crippen LogP contribution in [0.3, 0.4) is 0 Å². The number of nitrogens with zero attached hydrogens (tertiary/aromatic N) is 6. The smallest absolute Gasteiger partial charge is 0.342 e. The first kappa shape index (κ1) is 19.3. The van der Waals surface area contributed by atoms with Crippen molar-refractivity contribution >= 4 is 17.0 Å². The first-order chi connectivity index (χ1) is 13.8. The quantitative estimate of drug-likeness (QED) is 0.659. The van der Waals surface area contributed by atoms with Crippen LogP contribution < -0.4 is 0 Å². The van der Waals surface area contributed by atoms with Gasteiger partial charge < -0.3 is 9.42 Å². The molecule has 8 nitrogen and oxygen atoms in total. The van der Waals surface area contributed by atoms with Crippen molar-refractivity contribution in [1.82, 2.24) is 29.8 Å². The number of amides is 1. The van der Waals surface area contributed by atoms with Crippen molar-refractivity contribution in [3.8, 4) is 0 Å². The predicted octanol–water partition coefficient (Wildman–Crippen LogP) is 2.94. The van der Waals surface area contributed by atoms with Crippen LogP contribution in [0.2, 0.25) is 0 Å². The van der Waals surface area contributed by atoms with Crippen LogP contribution in [-0.2, 0) is 17.5 Å². The molecule has 1 amide bonds. The number of halogens is 3. The van der Waals surface area contributed by atoms with E-state index in [0.29, 0.717) is 32.5 Å². The SMILES string of the molecule is Cc1cc(C(F)(F)F)c2c([C@@H]3CCCN(C(=O)CCn4cncn4)C3)noc2n1. The van der Waals surface area contributed by atoms with E-state index in [1.54, 1.807) is 9.58 Å². The number of aromatic nitrogens is 5. The van der Waals surface area contributed by atoms with Gasteiger partial charge in [0.2, 0.25) is 5.91 Å². The highest BCUT2D eigenvalue weighted by Gasteiger charge is 2.38. The Balaban J connectivity index is 1.57. The van der Waals surface area contributed by atoms with Gasteiger partial charge in [0.1, 0.15) is 12.7 Å². The van der Waals surface area contributed by atoms with Crippen LogP contribution in [0.1, 0.15) is 42.1 Å². The number of aryl methyl sites for hydroxylation is 2. The third-order valence-corrected chi connectivity index (χ3v) is 5.09. The van der Waals surface area contributed by atoms with Gasteiger partial charge in [0.15, 0.2) is 0 Å². The average molecular weight is 408 g/mol. The highest BCUT2D eigenvalue weighted by Crippen LogP contribution is 2.40. The average Bonchev–Trinajstić information content (AvgIpc) is 3.34. The van der Waals surface area contributed by atoms with Crippen molar-refractivity contribution in [1.29, 1.82) is 0 Å². The Morgan fingerprint density at radius 3 is 2.93 bits per heavy atom. The molecule has 4 rings (SSSR count). The van der Waals surface area contributed by atoms with E-state index < -0.39 is 11.7 Å². The molecule has 0 N–H and O–H groups in total. The fourth-order valence-electron chi connectivity index (χ4n) is 3.74. The van der Waals surface area contributed by atoms with E-state index in [-0.39, 0.29) is 40.7 Å². The maximum Gasteiger partial charge on any atom is 0.417 e. The van der Waals surface area contributed by atoms with Crippen molar-refractivity contribution < 1.29 is 22.5 Å². The summed E-state index contributed by atoms with van der Waals surface area (Å²) < 4.78 is 47.5. The van der Waals surface area contributed by atoms with Crippen molar-refractivity contribution in [3.63, 3.8) is 0 Å². The zero-order valence-electron chi connectivity index (χ0n) is 15.7. The van der Waals surface area contributed by atoms with Gasteiger partial charge in [-0.05, 0) is 25.8 Å². The molecule has 1 fully saturated rings. The van der Waals surface area contributed by atoms with E-state index in [1.807, 2.05) is 0 Å². The van der Waals surface area contributed by atoms with Crippen LogP contribution in [-0.4, -0.2) is 48.8 Å². The normalized spacial score (nSPS) is 17.8. The number of pyridine rings is 1. The van der Waals surface area contributed by atoms with E-state index in [1.165, 1.54) is 19.6 Å². The van der Waals surface area contributed by atoms with Crippen LogP contribution >= 0.6 is 0 Å². The fraction of sp³-hybridized carbons (Fsp3) is 0.500. The molecule has 0 aromatic carbocycles. The number of carbonyl (C=O) groups excluding carboxylic acids is 1. The number of hydrogen-bond acceptors (Lipinski definition) is 6. The van der Waals surface area contributed by atoms with Crippen molar-refractivity contribution in [2.45, 2.75) is 44.8 Å². The van der Waals surface area contributed by atoms with Crippen LogP contribution in [0.5, 0.6) is 0 Å². The summed E-state index contributed by atoms with van der Waals surface area (Å²) in [5, 5.41) is 7.77. The molecule has 1 saturated heterocycles. The second kappa shape index (κ2) is 7.45. The molecule has 1 atom stereocenters. The van der Waals surface area contributed by atoms with Gasteiger partial charge in [-0.25, -0.2) is 9.97 Å². The molecule has 0 saturated carbocycles. The van der Waals surface area contributed by atoms with E-state index in [4.69, 9.17) is 4.52 Å². The van der Waals surface area contributed by atoms with Crippen molar-refractivity contribution in [3.05, 3.63) is 35.7 Å². The largest absolute Gasteiger partial charge is 0.417 e. The standard InChI is InChI=1S/C18H19F3N6O2/c1-11-7-13(18(19,20)21)15-16(25-29-17(15)24-11)12-3-2-5-26(8-12)14(28)4-6-27-10-22-9-23-27/h7,9-10,12H,2-6,8H2,1H3/t12-/m1/s1. The van der Waals surface area contributed by atoms with Crippen LogP contribution in [0, 0.1) is 6.92 Å². The summed E-state index contributed by atoms with van der Waals surface area (Å²) in [7, 11) is 0. The number of alkyl halides is 3. The van der Waals surface area contributed by atoms with Crippen LogP contribution in [0.4, 0.5) is 13.2 Å². The lowest BCUT2D eigenvalue weighted by Crippen LogP contribution is -2.39. The summed E-state index contributed by atoms with van der Waals surface area (Å²) in [6.07, 6.45) is -0.0840. The number of rotatable bonds is 4. The molecule has 0 spiro atoms. The van der Waals surface area contributed by atoms with Crippen molar-refractivity contribution in [2.24, 2.45) is 0 Å². The molecule has 0 radical (unpaired) electrons. The van der Waals surface area contributed by atoms with Crippen LogP contribution in [0.15, 0.2) is 23.2 Å². The third-order valence-electron chi connectivity index (χ3n) is 5.09. The van der Waals surface area contributed by atoms with E-state index in [0.717, 1.165) is 6.07 Å². The Hall–Kier alpha value is -2.98. The molecule has 1 aliphatic heterocycles. The molecule has 0 unspecified atom stereocenters. The molecule has 154 valence electrons. The monoisotopic (exact) mass is 408 g/mol. The topological polar surface area (TPSA) is 89.9 Å². The predicted molar refractivity (Wildman–Crippen MR) is 94.7 cm³/mol. The van der Waals surface area contributed by atoms with Gasteiger partial charge in [-0.2, -0.15) is 18.3 Å².